The molecule has 2 rings (SSSR count). The van der Waals surface area contributed by atoms with Crippen LogP contribution in [0.4, 0.5) is 0 Å². The van der Waals surface area contributed by atoms with Gasteiger partial charge in [0.2, 0.25) is 0 Å². The summed E-state index contributed by atoms with van der Waals surface area (Å²) in [7, 11) is 0. The number of carbonyl (C=O) groups excluding carboxylic acids is 1. The van der Waals surface area contributed by atoms with Crippen LogP contribution in [0.15, 0.2) is 34.9 Å². The van der Waals surface area contributed by atoms with E-state index < -0.39 is 5.60 Å². The molecule has 2 N–H and O–H groups in total. The summed E-state index contributed by atoms with van der Waals surface area (Å²) in [6.07, 6.45) is 1.16. The predicted molar refractivity (Wildman–Crippen MR) is 84.5 cm³/mol. The number of aryl methyl sites for hydroxylation is 1. The molecule has 5 nitrogen and oxygen atoms in total. The zero-order chi connectivity index (χ0) is 16.2. The van der Waals surface area contributed by atoms with Gasteiger partial charge in [-0.3, -0.25) is 4.79 Å². The molecule has 0 saturated carbocycles. The zero-order valence-corrected chi connectivity index (χ0v) is 13.2. The van der Waals surface area contributed by atoms with Crippen molar-refractivity contribution in [2.45, 2.75) is 39.2 Å². The number of amides is 1. The molecule has 0 aliphatic heterocycles. The summed E-state index contributed by atoms with van der Waals surface area (Å²) in [4.78, 5) is 12.5. The number of benzene rings is 1. The van der Waals surface area contributed by atoms with Crippen molar-refractivity contribution in [3.63, 3.8) is 0 Å². The Morgan fingerprint density at radius 1 is 1.27 bits per heavy atom. The number of hydrogen-bond acceptors (Lipinski definition) is 4. The minimum Gasteiger partial charge on any atom is -0.388 e. The van der Waals surface area contributed by atoms with Gasteiger partial charge in [0.15, 0.2) is 5.76 Å². The van der Waals surface area contributed by atoms with Gasteiger partial charge in [-0.2, -0.15) is 0 Å². The van der Waals surface area contributed by atoms with Crippen LogP contribution < -0.4 is 5.32 Å². The van der Waals surface area contributed by atoms with E-state index in [0.29, 0.717) is 29.9 Å². The first kappa shape index (κ1) is 16.2. The number of aromatic nitrogens is 1. The van der Waals surface area contributed by atoms with Crippen molar-refractivity contribution in [2.75, 3.05) is 6.54 Å². The smallest absolute Gasteiger partial charge is 0.257 e. The van der Waals surface area contributed by atoms with Crippen molar-refractivity contribution < 1.29 is 14.4 Å². The maximum atomic E-state index is 12.5. The third kappa shape index (κ3) is 3.36. The van der Waals surface area contributed by atoms with Gasteiger partial charge in [-0.15, -0.1) is 0 Å². The third-order valence-electron chi connectivity index (χ3n) is 4.02. The molecular formula is C17H22N2O3. The SMILES string of the molecule is CCC(O)(CC)CNC(=O)c1c(C)noc1-c1ccccc1. The number of hydrogen-bond donors (Lipinski definition) is 2. The number of aliphatic hydroxyl groups is 1. The molecule has 1 aromatic carbocycles. The lowest BCUT2D eigenvalue weighted by atomic mass is 9.97. The van der Waals surface area contributed by atoms with Crippen molar-refractivity contribution in [3.05, 3.63) is 41.6 Å². The molecule has 1 heterocycles. The van der Waals surface area contributed by atoms with Gasteiger partial charge in [0, 0.05) is 12.1 Å². The summed E-state index contributed by atoms with van der Waals surface area (Å²) in [5.74, 6) is 0.171. The second-order valence-electron chi connectivity index (χ2n) is 5.45. The highest BCUT2D eigenvalue weighted by molar-refractivity contribution is 6.00. The predicted octanol–water partition coefficient (Wildman–Crippen LogP) is 2.93. The monoisotopic (exact) mass is 302 g/mol. The second-order valence-corrected chi connectivity index (χ2v) is 5.45. The standard InChI is InChI=1S/C17H22N2O3/c1-4-17(21,5-2)11-18-16(20)14-12(3)19-22-15(14)13-9-7-6-8-10-13/h6-10,21H,4-5,11H2,1-3H3,(H,18,20). The summed E-state index contributed by atoms with van der Waals surface area (Å²) in [6, 6.07) is 9.38. The van der Waals surface area contributed by atoms with E-state index in [0.717, 1.165) is 5.56 Å². The Bertz CT molecular complexity index is 631. The van der Waals surface area contributed by atoms with Gasteiger partial charge in [0.1, 0.15) is 5.56 Å². The Morgan fingerprint density at radius 3 is 2.50 bits per heavy atom. The average Bonchev–Trinajstić information content (AvgIpc) is 2.95. The van der Waals surface area contributed by atoms with Crippen LogP contribution in [0.3, 0.4) is 0 Å². The molecule has 1 amide bonds. The molecule has 0 bridgehead atoms. The topological polar surface area (TPSA) is 75.4 Å². The molecular weight excluding hydrogens is 280 g/mol. The summed E-state index contributed by atoms with van der Waals surface area (Å²) >= 11 is 0. The van der Waals surface area contributed by atoms with E-state index in [2.05, 4.69) is 10.5 Å². The summed E-state index contributed by atoms with van der Waals surface area (Å²) in [5.41, 5.74) is 0.872. The van der Waals surface area contributed by atoms with E-state index in [4.69, 9.17) is 4.52 Å². The van der Waals surface area contributed by atoms with Crippen LogP contribution >= 0.6 is 0 Å². The van der Waals surface area contributed by atoms with E-state index in [9.17, 15) is 9.90 Å². The normalized spacial score (nSPS) is 11.5. The first-order valence-electron chi connectivity index (χ1n) is 7.53. The van der Waals surface area contributed by atoms with E-state index in [-0.39, 0.29) is 12.5 Å². The van der Waals surface area contributed by atoms with E-state index in [1.807, 2.05) is 44.2 Å². The van der Waals surface area contributed by atoms with E-state index in [1.165, 1.54) is 0 Å². The molecule has 0 unspecified atom stereocenters. The summed E-state index contributed by atoms with van der Waals surface area (Å²) in [5, 5.41) is 17.0. The Morgan fingerprint density at radius 2 is 1.91 bits per heavy atom. The molecule has 2 aromatic rings. The molecule has 0 aliphatic carbocycles. The van der Waals surface area contributed by atoms with Gasteiger partial charge in [-0.05, 0) is 19.8 Å². The lowest BCUT2D eigenvalue weighted by Crippen LogP contribution is -2.42. The molecule has 0 atom stereocenters. The number of nitrogens with one attached hydrogen (secondary N) is 1. The van der Waals surface area contributed by atoms with E-state index >= 15 is 0 Å². The van der Waals surface area contributed by atoms with Gasteiger partial charge in [-0.25, -0.2) is 0 Å². The largest absolute Gasteiger partial charge is 0.388 e. The van der Waals surface area contributed by atoms with Crippen LogP contribution in [0, 0.1) is 6.92 Å². The maximum absolute atomic E-state index is 12.5. The Balaban J connectivity index is 2.22. The maximum Gasteiger partial charge on any atom is 0.257 e. The minimum atomic E-state index is -0.881. The van der Waals surface area contributed by atoms with Gasteiger partial charge < -0.3 is 14.9 Å². The van der Waals surface area contributed by atoms with Crippen molar-refractivity contribution in [1.82, 2.24) is 10.5 Å². The number of carbonyl (C=O) groups is 1. The number of rotatable bonds is 6. The molecule has 1 aromatic heterocycles. The van der Waals surface area contributed by atoms with Crippen molar-refractivity contribution in [3.8, 4) is 11.3 Å². The average molecular weight is 302 g/mol. The van der Waals surface area contributed by atoms with Crippen LogP contribution in [0.25, 0.3) is 11.3 Å². The summed E-state index contributed by atoms with van der Waals surface area (Å²) < 4.78 is 5.31. The van der Waals surface area contributed by atoms with Crippen molar-refractivity contribution in [2.24, 2.45) is 0 Å². The molecule has 0 radical (unpaired) electrons. The van der Waals surface area contributed by atoms with Gasteiger partial charge in [0.05, 0.1) is 11.3 Å². The van der Waals surface area contributed by atoms with Crippen LogP contribution in [-0.2, 0) is 0 Å². The van der Waals surface area contributed by atoms with Crippen LogP contribution in [0.2, 0.25) is 0 Å². The lowest BCUT2D eigenvalue weighted by molar-refractivity contribution is 0.0314. The van der Waals surface area contributed by atoms with Crippen LogP contribution in [-0.4, -0.2) is 28.3 Å². The van der Waals surface area contributed by atoms with Crippen LogP contribution in [0.5, 0.6) is 0 Å². The fourth-order valence-electron chi connectivity index (χ4n) is 2.26. The molecule has 0 saturated heterocycles. The van der Waals surface area contributed by atoms with E-state index in [1.54, 1.807) is 6.92 Å². The molecule has 0 spiro atoms. The van der Waals surface area contributed by atoms with Crippen molar-refractivity contribution >= 4 is 5.91 Å². The fourth-order valence-corrected chi connectivity index (χ4v) is 2.26. The quantitative estimate of drug-likeness (QED) is 0.860. The zero-order valence-electron chi connectivity index (χ0n) is 13.2. The highest BCUT2D eigenvalue weighted by Crippen LogP contribution is 2.26. The first-order valence-corrected chi connectivity index (χ1v) is 7.53. The third-order valence-corrected chi connectivity index (χ3v) is 4.02. The Hall–Kier alpha value is -2.14. The molecule has 5 heteroatoms. The number of nitrogens with zero attached hydrogens (tertiary/aromatic N) is 1. The fraction of sp³-hybridized carbons (Fsp3) is 0.412. The second kappa shape index (κ2) is 6.75. The van der Waals surface area contributed by atoms with Crippen LogP contribution in [0.1, 0.15) is 42.7 Å². The van der Waals surface area contributed by atoms with Gasteiger partial charge in [0.25, 0.3) is 5.91 Å². The lowest BCUT2D eigenvalue weighted by Gasteiger charge is -2.25. The first-order chi connectivity index (χ1) is 10.5. The molecule has 118 valence electrons. The Labute approximate surface area is 130 Å². The van der Waals surface area contributed by atoms with Gasteiger partial charge >= 0.3 is 0 Å². The highest BCUT2D eigenvalue weighted by atomic mass is 16.5. The Kier molecular flexibility index (Phi) is 4.98. The minimum absolute atomic E-state index is 0.206. The molecule has 0 fully saturated rings. The molecule has 0 aliphatic rings. The summed E-state index contributed by atoms with van der Waals surface area (Å²) in [6.45, 7) is 5.74. The highest BCUT2D eigenvalue weighted by Gasteiger charge is 2.26. The van der Waals surface area contributed by atoms with Gasteiger partial charge in [-0.1, -0.05) is 49.3 Å². The van der Waals surface area contributed by atoms with Crippen molar-refractivity contribution in [1.29, 1.82) is 0 Å². The molecule has 22 heavy (non-hydrogen) atoms.